The number of nitrogens with zero attached hydrogens (tertiary/aromatic N) is 4. The first-order valence-electron chi connectivity index (χ1n) is 4.56. The van der Waals surface area contributed by atoms with Gasteiger partial charge in [0.05, 0.1) is 5.69 Å². The molecule has 0 spiro atoms. The molecule has 0 aliphatic rings. The first kappa shape index (κ1) is 8.55. The second kappa shape index (κ2) is 3.13. The average molecular weight is 216 g/mol. The van der Waals surface area contributed by atoms with Gasteiger partial charge in [-0.3, -0.25) is 0 Å². The predicted molar refractivity (Wildman–Crippen MR) is 58.8 cm³/mol. The van der Waals surface area contributed by atoms with Crippen molar-refractivity contribution in [3.05, 3.63) is 34.8 Å². The van der Waals surface area contributed by atoms with Gasteiger partial charge in [-0.05, 0) is 30.5 Å². The highest BCUT2D eigenvalue weighted by Crippen LogP contribution is 2.19. The molecule has 3 aromatic rings. The minimum Gasteiger partial charge on any atom is -0.197 e. The summed E-state index contributed by atoms with van der Waals surface area (Å²) in [5, 5.41) is 16.6. The summed E-state index contributed by atoms with van der Waals surface area (Å²) in [6.07, 6.45) is 0. The zero-order chi connectivity index (χ0) is 10.3. The lowest BCUT2D eigenvalue weighted by molar-refractivity contribution is 0.880. The smallest absolute Gasteiger partial charge is 0.177 e. The molecule has 0 bridgehead atoms. The van der Waals surface area contributed by atoms with Crippen LogP contribution in [0.1, 0.15) is 5.82 Å². The van der Waals surface area contributed by atoms with E-state index in [-0.39, 0.29) is 0 Å². The van der Waals surface area contributed by atoms with Crippen LogP contribution in [-0.4, -0.2) is 19.8 Å². The van der Waals surface area contributed by atoms with E-state index in [0.29, 0.717) is 0 Å². The maximum absolute atomic E-state index is 4.48. The fourth-order valence-corrected chi connectivity index (χ4v) is 2.11. The molecule has 0 unspecified atom stereocenters. The van der Waals surface area contributed by atoms with Crippen molar-refractivity contribution in [2.45, 2.75) is 6.92 Å². The van der Waals surface area contributed by atoms with Crippen LogP contribution in [0.25, 0.3) is 16.9 Å². The molecular formula is C10H8N4S. The minimum absolute atomic E-state index is 0.784. The van der Waals surface area contributed by atoms with Crippen LogP contribution >= 0.6 is 11.3 Å². The van der Waals surface area contributed by atoms with Crippen molar-refractivity contribution in [2.24, 2.45) is 0 Å². The number of thiophene rings is 1. The quantitative estimate of drug-likeness (QED) is 0.626. The molecule has 0 saturated carbocycles. The molecule has 0 saturated heterocycles. The van der Waals surface area contributed by atoms with E-state index in [1.54, 1.807) is 15.9 Å². The van der Waals surface area contributed by atoms with Crippen molar-refractivity contribution < 1.29 is 0 Å². The molecule has 5 heteroatoms. The van der Waals surface area contributed by atoms with E-state index in [9.17, 15) is 0 Å². The van der Waals surface area contributed by atoms with Gasteiger partial charge in [-0.1, -0.05) is 0 Å². The molecule has 4 nitrogen and oxygen atoms in total. The molecule has 3 aromatic heterocycles. The van der Waals surface area contributed by atoms with Crippen LogP contribution in [0.3, 0.4) is 0 Å². The second-order valence-electron chi connectivity index (χ2n) is 3.25. The summed E-state index contributed by atoms with van der Waals surface area (Å²) in [5.74, 6) is 0.807. The van der Waals surface area contributed by atoms with Crippen LogP contribution in [0.15, 0.2) is 29.0 Å². The van der Waals surface area contributed by atoms with E-state index >= 15 is 0 Å². The van der Waals surface area contributed by atoms with Gasteiger partial charge in [-0.25, -0.2) is 0 Å². The van der Waals surface area contributed by atoms with E-state index in [1.165, 1.54) is 0 Å². The van der Waals surface area contributed by atoms with Crippen molar-refractivity contribution in [2.75, 3.05) is 0 Å². The predicted octanol–water partition coefficient (Wildman–Crippen LogP) is 2.16. The molecule has 0 atom stereocenters. The number of hydrogen-bond acceptors (Lipinski definition) is 4. The second-order valence-corrected chi connectivity index (χ2v) is 4.03. The number of aryl methyl sites for hydroxylation is 1. The van der Waals surface area contributed by atoms with Gasteiger partial charge < -0.3 is 0 Å². The summed E-state index contributed by atoms with van der Waals surface area (Å²) in [4.78, 5) is 0. The van der Waals surface area contributed by atoms with Crippen LogP contribution in [0.4, 0.5) is 0 Å². The summed E-state index contributed by atoms with van der Waals surface area (Å²) < 4.78 is 1.76. The highest BCUT2D eigenvalue weighted by molar-refractivity contribution is 7.08. The number of hydrogen-bond donors (Lipinski definition) is 0. The van der Waals surface area contributed by atoms with Crippen LogP contribution in [-0.2, 0) is 0 Å². The minimum atomic E-state index is 0.784. The summed E-state index contributed by atoms with van der Waals surface area (Å²) in [5.41, 5.74) is 2.87. The maximum atomic E-state index is 4.48. The van der Waals surface area contributed by atoms with Gasteiger partial charge in [0.2, 0.25) is 0 Å². The summed E-state index contributed by atoms with van der Waals surface area (Å²) >= 11 is 1.67. The molecule has 15 heavy (non-hydrogen) atoms. The zero-order valence-electron chi connectivity index (χ0n) is 8.08. The topological polar surface area (TPSA) is 43.1 Å². The molecule has 0 amide bonds. The Morgan fingerprint density at radius 2 is 2.13 bits per heavy atom. The Balaban J connectivity index is 2.25. The van der Waals surface area contributed by atoms with E-state index in [1.807, 2.05) is 24.4 Å². The lowest BCUT2D eigenvalue weighted by Crippen LogP contribution is -1.95. The Labute approximate surface area is 90.2 Å². The fraction of sp³-hybridized carbons (Fsp3) is 0.100. The van der Waals surface area contributed by atoms with Crippen LogP contribution in [0, 0.1) is 6.92 Å². The van der Waals surface area contributed by atoms with Crippen molar-refractivity contribution >= 4 is 17.0 Å². The van der Waals surface area contributed by atoms with Gasteiger partial charge in [0.1, 0.15) is 0 Å². The van der Waals surface area contributed by atoms with Crippen LogP contribution in [0.2, 0.25) is 0 Å². The van der Waals surface area contributed by atoms with Crippen molar-refractivity contribution in [1.29, 1.82) is 0 Å². The Bertz CT molecular complexity index is 597. The molecule has 74 valence electrons. The molecule has 0 radical (unpaired) electrons. The number of fused-ring (bicyclic) bond motifs is 1. The fourth-order valence-electron chi connectivity index (χ4n) is 1.46. The maximum Gasteiger partial charge on any atom is 0.177 e. The standard InChI is InChI=1S/C10H8N4S/c1-7-11-12-10-3-2-9(13-14(7)10)8-4-5-15-6-8/h2-6H,1H3. The molecule has 0 aliphatic carbocycles. The van der Waals surface area contributed by atoms with E-state index in [0.717, 1.165) is 22.7 Å². The first-order valence-corrected chi connectivity index (χ1v) is 5.50. The number of aromatic nitrogens is 4. The highest BCUT2D eigenvalue weighted by Gasteiger charge is 2.04. The molecule has 0 N–H and O–H groups in total. The first-order chi connectivity index (χ1) is 7.34. The van der Waals surface area contributed by atoms with Gasteiger partial charge in [0.15, 0.2) is 11.5 Å². The van der Waals surface area contributed by atoms with Crippen molar-refractivity contribution in [3.63, 3.8) is 0 Å². The van der Waals surface area contributed by atoms with E-state index < -0.39 is 0 Å². The lowest BCUT2D eigenvalue weighted by Gasteiger charge is -1.98. The molecule has 3 heterocycles. The van der Waals surface area contributed by atoms with Gasteiger partial charge in [0.25, 0.3) is 0 Å². The van der Waals surface area contributed by atoms with Crippen molar-refractivity contribution in [3.8, 4) is 11.3 Å². The molecule has 0 fully saturated rings. The lowest BCUT2D eigenvalue weighted by atomic mass is 10.2. The Morgan fingerprint density at radius 3 is 2.93 bits per heavy atom. The third-order valence-corrected chi connectivity index (χ3v) is 2.92. The summed E-state index contributed by atoms with van der Waals surface area (Å²) in [6, 6.07) is 5.95. The normalized spacial score (nSPS) is 11.0. The van der Waals surface area contributed by atoms with E-state index in [2.05, 4.69) is 26.7 Å². The zero-order valence-corrected chi connectivity index (χ0v) is 8.90. The van der Waals surface area contributed by atoms with Crippen molar-refractivity contribution in [1.82, 2.24) is 19.8 Å². The van der Waals surface area contributed by atoms with Gasteiger partial charge >= 0.3 is 0 Å². The van der Waals surface area contributed by atoms with Gasteiger partial charge in [-0.2, -0.15) is 21.0 Å². The molecular weight excluding hydrogens is 208 g/mol. The Kier molecular flexibility index (Phi) is 1.78. The third kappa shape index (κ3) is 1.32. The molecule has 0 aromatic carbocycles. The third-order valence-electron chi connectivity index (χ3n) is 2.24. The SMILES string of the molecule is Cc1nnc2ccc(-c3ccsc3)nn12. The van der Waals surface area contributed by atoms with Gasteiger partial charge in [0, 0.05) is 10.9 Å². The average Bonchev–Trinajstić information content (AvgIpc) is 2.88. The van der Waals surface area contributed by atoms with E-state index in [4.69, 9.17) is 0 Å². The molecule has 3 rings (SSSR count). The largest absolute Gasteiger partial charge is 0.197 e. The highest BCUT2D eigenvalue weighted by atomic mass is 32.1. The Morgan fingerprint density at radius 1 is 1.20 bits per heavy atom. The Hall–Kier alpha value is -1.75. The molecule has 0 aliphatic heterocycles. The van der Waals surface area contributed by atoms with Crippen LogP contribution in [0.5, 0.6) is 0 Å². The summed E-state index contributed by atoms with van der Waals surface area (Å²) in [7, 11) is 0. The summed E-state index contributed by atoms with van der Waals surface area (Å²) in [6.45, 7) is 1.89. The number of rotatable bonds is 1. The van der Waals surface area contributed by atoms with Gasteiger partial charge in [-0.15, -0.1) is 10.2 Å². The monoisotopic (exact) mass is 216 g/mol. The van der Waals surface area contributed by atoms with Crippen LogP contribution < -0.4 is 0 Å².